The molecule has 0 amide bonds. The van der Waals surface area contributed by atoms with Gasteiger partial charge in [0.2, 0.25) is 10.0 Å². The van der Waals surface area contributed by atoms with Crippen molar-refractivity contribution in [3.8, 4) is 0 Å². The summed E-state index contributed by atoms with van der Waals surface area (Å²) in [6, 6.07) is 0. The highest BCUT2D eigenvalue weighted by atomic mass is 32.2. The van der Waals surface area contributed by atoms with Crippen LogP contribution >= 0.6 is 11.8 Å². The van der Waals surface area contributed by atoms with Crippen LogP contribution in [0, 0.1) is 0 Å². The average molecular weight is 280 g/mol. The van der Waals surface area contributed by atoms with E-state index in [1.54, 1.807) is 7.05 Å². The Hall–Kier alpha value is 0.220. The summed E-state index contributed by atoms with van der Waals surface area (Å²) in [6.07, 6.45) is 8.08. The van der Waals surface area contributed by atoms with E-state index in [-0.39, 0.29) is 10.5 Å². The number of hydrogen-bond acceptors (Lipinski definition) is 4. The van der Waals surface area contributed by atoms with Crippen molar-refractivity contribution < 1.29 is 8.42 Å². The summed E-state index contributed by atoms with van der Waals surface area (Å²) in [5, 5.41) is 2.86. The van der Waals surface area contributed by atoms with E-state index in [0.717, 1.165) is 12.8 Å². The summed E-state index contributed by atoms with van der Waals surface area (Å²) in [6.45, 7) is 1.09. The van der Waals surface area contributed by atoms with E-state index in [2.05, 4.69) is 16.3 Å². The minimum absolute atomic E-state index is 0.130. The normalized spacial score (nSPS) is 20.4. The summed E-state index contributed by atoms with van der Waals surface area (Å²) in [7, 11) is -1.35. The van der Waals surface area contributed by atoms with Crippen LogP contribution in [0.15, 0.2) is 0 Å². The fourth-order valence-electron chi connectivity index (χ4n) is 2.20. The Labute approximate surface area is 109 Å². The van der Waals surface area contributed by atoms with Gasteiger partial charge in [0.1, 0.15) is 0 Å². The first-order chi connectivity index (χ1) is 8.04. The number of rotatable bonds is 7. The molecule has 0 aromatic carbocycles. The van der Waals surface area contributed by atoms with Crippen LogP contribution in [-0.4, -0.2) is 45.3 Å². The summed E-state index contributed by atoms with van der Waals surface area (Å²) in [5.41, 5.74) is 0. The Morgan fingerprint density at radius 2 is 1.88 bits per heavy atom. The largest absolute Gasteiger partial charge is 0.319 e. The molecule has 1 rings (SSSR count). The van der Waals surface area contributed by atoms with Crippen molar-refractivity contribution in [3.05, 3.63) is 0 Å². The Bertz CT molecular complexity index is 311. The molecule has 0 unspecified atom stereocenters. The molecule has 1 aliphatic carbocycles. The van der Waals surface area contributed by atoms with E-state index in [1.807, 2.05) is 11.8 Å². The fourth-order valence-corrected chi connectivity index (χ4v) is 4.32. The lowest BCUT2D eigenvalue weighted by molar-refractivity contribution is 0.395. The van der Waals surface area contributed by atoms with Crippen LogP contribution in [0.3, 0.4) is 0 Å². The number of sulfonamides is 1. The monoisotopic (exact) mass is 280 g/mol. The molecule has 0 spiro atoms. The maximum atomic E-state index is 11.7. The Balaban J connectivity index is 2.46. The first kappa shape index (κ1) is 15.3. The summed E-state index contributed by atoms with van der Waals surface area (Å²) in [5.74, 6) is 0.161. The molecule has 0 heterocycles. The van der Waals surface area contributed by atoms with E-state index < -0.39 is 10.0 Å². The summed E-state index contributed by atoms with van der Waals surface area (Å²) >= 11 is 1.82. The van der Waals surface area contributed by atoms with Gasteiger partial charge in [-0.1, -0.05) is 19.3 Å². The Kier molecular flexibility index (Phi) is 6.26. The molecule has 4 nitrogen and oxygen atoms in total. The lowest BCUT2D eigenvalue weighted by Gasteiger charge is -2.35. The van der Waals surface area contributed by atoms with Crippen LogP contribution in [0.5, 0.6) is 0 Å². The van der Waals surface area contributed by atoms with E-state index in [1.165, 1.54) is 19.3 Å². The van der Waals surface area contributed by atoms with Crippen molar-refractivity contribution in [3.63, 3.8) is 0 Å². The molecular weight excluding hydrogens is 256 g/mol. The maximum absolute atomic E-state index is 11.7. The zero-order valence-corrected chi connectivity index (χ0v) is 12.4. The second-order valence-electron chi connectivity index (χ2n) is 4.69. The SMILES string of the molecule is CNCCS(=O)(=O)NCC1(SC)CCCCC1. The highest BCUT2D eigenvalue weighted by Gasteiger charge is 2.32. The van der Waals surface area contributed by atoms with E-state index in [4.69, 9.17) is 0 Å². The minimum Gasteiger partial charge on any atom is -0.319 e. The first-order valence-corrected chi connectivity index (χ1v) is 9.08. The molecule has 0 radical (unpaired) electrons. The highest BCUT2D eigenvalue weighted by Crippen LogP contribution is 2.38. The van der Waals surface area contributed by atoms with E-state index >= 15 is 0 Å². The van der Waals surface area contributed by atoms with Gasteiger partial charge in [-0.25, -0.2) is 13.1 Å². The third kappa shape index (κ3) is 5.16. The van der Waals surface area contributed by atoms with Crippen LogP contribution in [0.1, 0.15) is 32.1 Å². The molecule has 0 aromatic heterocycles. The molecule has 1 aliphatic rings. The second-order valence-corrected chi connectivity index (χ2v) is 7.89. The number of nitrogens with one attached hydrogen (secondary N) is 2. The Morgan fingerprint density at radius 3 is 2.41 bits per heavy atom. The topological polar surface area (TPSA) is 58.2 Å². The van der Waals surface area contributed by atoms with Crippen molar-refractivity contribution in [1.29, 1.82) is 0 Å². The molecule has 0 aromatic rings. The van der Waals surface area contributed by atoms with Gasteiger partial charge in [-0.05, 0) is 26.1 Å². The molecule has 2 N–H and O–H groups in total. The van der Waals surface area contributed by atoms with E-state index in [0.29, 0.717) is 13.1 Å². The fraction of sp³-hybridized carbons (Fsp3) is 1.00. The molecule has 102 valence electrons. The van der Waals surface area contributed by atoms with Crippen molar-refractivity contribution in [2.24, 2.45) is 0 Å². The van der Waals surface area contributed by atoms with Gasteiger partial charge < -0.3 is 5.32 Å². The lowest BCUT2D eigenvalue weighted by atomic mass is 9.88. The predicted octanol–water partition coefficient (Wildman–Crippen LogP) is 1.19. The molecule has 0 saturated heterocycles. The van der Waals surface area contributed by atoms with Gasteiger partial charge >= 0.3 is 0 Å². The van der Waals surface area contributed by atoms with Gasteiger partial charge in [-0.3, -0.25) is 0 Å². The van der Waals surface area contributed by atoms with Crippen molar-refractivity contribution >= 4 is 21.8 Å². The lowest BCUT2D eigenvalue weighted by Crippen LogP contribution is -2.43. The minimum atomic E-state index is -3.12. The van der Waals surface area contributed by atoms with Crippen LogP contribution in [0.25, 0.3) is 0 Å². The van der Waals surface area contributed by atoms with Gasteiger partial charge in [-0.15, -0.1) is 0 Å². The van der Waals surface area contributed by atoms with Crippen molar-refractivity contribution in [2.45, 2.75) is 36.9 Å². The molecule has 1 fully saturated rings. The molecular formula is C11H24N2O2S2. The summed E-state index contributed by atoms with van der Waals surface area (Å²) in [4.78, 5) is 0. The third-order valence-corrected chi connectivity index (χ3v) is 6.18. The molecule has 0 aliphatic heterocycles. The smallest absolute Gasteiger partial charge is 0.212 e. The standard InChI is InChI=1S/C11H24N2O2S2/c1-12-8-9-17(14,15)13-10-11(16-2)6-4-3-5-7-11/h12-13H,3-10H2,1-2H3. The second kappa shape index (κ2) is 6.97. The van der Waals surface area contributed by atoms with E-state index in [9.17, 15) is 8.42 Å². The molecule has 6 heteroatoms. The molecule has 1 saturated carbocycles. The molecule has 0 bridgehead atoms. The van der Waals surface area contributed by atoms with Gasteiger partial charge in [0, 0.05) is 17.8 Å². The maximum Gasteiger partial charge on any atom is 0.212 e. The van der Waals surface area contributed by atoms with Gasteiger partial charge in [-0.2, -0.15) is 11.8 Å². The zero-order valence-electron chi connectivity index (χ0n) is 10.8. The van der Waals surface area contributed by atoms with Gasteiger partial charge in [0.05, 0.1) is 5.75 Å². The van der Waals surface area contributed by atoms with Gasteiger partial charge in [0.15, 0.2) is 0 Å². The van der Waals surface area contributed by atoms with Crippen LogP contribution in [0.2, 0.25) is 0 Å². The van der Waals surface area contributed by atoms with Crippen molar-refractivity contribution in [1.82, 2.24) is 10.0 Å². The first-order valence-electron chi connectivity index (χ1n) is 6.21. The number of hydrogen-bond donors (Lipinski definition) is 2. The van der Waals surface area contributed by atoms with Gasteiger partial charge in [0.25, 0.3) is 0 Å². The Morgan fingerprint density at radius 1 is 1.24 bits per heavy atom. The van der Waals surface area contributed by atoms with Crippen molar-refractivity contribution in [2.75, 3.05) is 32.1 Å². The molecule has 17 heavy (non-hydrogen) atoms. The zero-order chi connectivity index (χ0) is 12.8. The number of thioether (sulfide) groups is 1. The van der Waals surface area contributed by atoms with Crippen LogP contribution < -0.4 is 10.0 Å². The highest BCUT2D eigenvalue weighted by molar-refractivity contribution is 8.00. The molecule has 0 atom stereocenters. The average Bonchev–Trinajstić information content (AvgIpc) is 2.35. The van der Waals surface area contributed by atoms with Crippen LogP contribution in [0.4, 0.5) is 0 Å². The summed E-state index contributed by atoms with van der Waals surface area (Å²) < 4.78 is 26.4. The predicted molar refractivity (Wildman–Crippen MR) is 75.0 cm³/mol. The third-order valence-electron chi connectivity index (χ3n) is 3.43. The quantitative estimate of drug-likeness (QED) is 0.735. The van der Waals surface area contributed by atoms with Crippen LogP contribution in [-0.2, 0) is 10.0 Å².